The van der Waals surface area contributed by atoms with Crippen molar-refractivity contribution in [3.05, 3.63) is 24.3 Å². The highest BCUT2D eigenvalue weighted by Crippen LogP contribution is 2.40. The largest absolute Gasteiger partial charge is 0.446 e. The van der Waals surface area contributed by atoms with Crippen LogP contribution >= 0.6 is 23.4 Å². The van der Waals surface area contributed by atoms with Crippen LogP contribution in [0.4, 0.5) is 18.9 Å². The molecule has 0 saturated heterocycles. The third kappa shape index (κ3) is 6.71. The van der Waals surface area contributed by atoms with Gasteiger partial charge < -0.3 is 0 Å². The number of alkyl halides is 4. The van der Waals surface area contributed by atoms with Gasteiger partial charge in [-0.25, -0.2) is 8.42 Å². The van der Waals surface area contributed by atoms with Crippen molar-refractivity contribution in [2.24, 2.45) is 0 Å². The molecule has 114 valence electrons. The first kappa shape index (κ1) is 17.5. The fraction of sp³-hybridized carbons (Fsp3) is 0.455. The number of benzene rings is 1. The summed E-state index contributed by atoms with van der Waals surface area (Å²) in [7, 11) is -3.67. The maximum absolute atomic E-state index is 12.4. The van der Waals surface area contributed by atoms with Crippen LogP contribution in [0.2, 0.25) is 0 Å². The monoisotopic (exact) mass is 347 g/mol. The van der Waals surface area contributed by atoms with Crippen LogP contribution in [0.1, 0.15) is 12.8 Å². The van der Waals surface area contributed by atoms with Gasteiger partial charge in [-0.05, 0) is 36.7 Å². The van der Waals surface area contributed by atoms with Crippen molar-refractivity contribution in [1.29, 1.82) is 0 Å². The first-order valence-electron chi connectivity index (χ1n) is 5.65. The molecule has 1 aromatic rings. The smallest absolute Gasteiger partial charge is 0.282 e. The first-order valence-corrected chi connectivity index (χ1v) is 8.65. The molecule has 9 heteroatoms. The summed E-state index contributed by atoms with van der Waals surface area (Å²) in [6, 6.07) is 5.40. The van der Waals surface area contributed by atoms with Crippen molar-refractivity contribution >= 4 is 39.1 Å². The average molecular weight is 348 g/mol. The molecule has 0 aliphatic heterocycles. The molecule has 0 aromatic heterocycles. The van der Waals surface area contributed by atoms with Gasteiger partial charge in [0.1, 0.15) is 0 Å². The molecule has 0 aliphatic rings. The van der Waals surface area contributed by atoms with Crippen LogP contribution < -0.4 is 4.72 Å². The van der Waals surface area contributed by atoms with Crippen molar-refractivity contribution in [1.82, 2.24) is 0 Å². The zero-order valence-corrected chi connectivity index (χ0v) is 12.7. The fourth-order valence-electron chi connectivity index (χ4n) is 1.37. The van der Waals surface area contributed by atoms with E-state index >= 15 is 0 Å². The molecule has 20 heavy (non-hydrogen) atoms. The lowest BCUT2D eigenvalue weighted by Crippen LogP contribution is -2.17. The third-order valence-electron chi connectivity index (χ3n) is 2.17. The van der Waals surface area contributed by atoms with E-state index in [0.29, 0.717) is 18.7 Å². The molecule has 0 unspecified atom stereocenters. The molecule has 0 radical (unpaired) electrons. The van der Waals surface area contributed by atoms with Crippen molar-refractivity contribution < 1.29 is 21.6 Å². The van der Waals surface area contributed by atoms with Gasteiger partial charge in [0.15, 0.2) is 0 Å². The van der Waals surface area contributed by atoms with Crippen LogP contribution in [0.5, 0.6) is 0 Å². The molecule has 1 rings (SSSR count). The van der Waals surface area contributed by atoms with Gasteiger partial charge in [-0.1, -0.05) is 12.1 Å². The summed E-state index contributed by atoms with van der Waals surface area (Å²) in [6.07, 6.45) is 0.884. The number of para-hydroxylation sites is 1. The summed E-state index contributed by atoms with van der Waals surface area (Å²) in [5, 5.41) is 0. The summed E-state index contributed by atoms with van der Waals surface area (Å²) in [6.45, 7) is 0. The Morgan fingerprint density at radius 3 is 2.45 bits per heavy atom. The van der Waals surface area contributed by atoms with E-state index in [-0.39, 0.29) is 28.1 Å². The topological polar surface area (TPSA) is 46.2 Å². The van der Waals surface area contributed by atoms with Gasteiger partial charge in [0, 0.05) is 10.8 Å². The summed E-state index contributed by atoms with van der Waals surface area (Å²) < 4.78 is 62.8. The van der Waals surface area contributed by atoms with Gasteiger partial charge >= 0.3 is 5.51 Å². The second kappa shape index (κ2) is 7.42. The lowest BCUT2D eigenvalue weighted by atomic mass is 10.3. The van der Waals surface area contributed by atoms with E-state index < -0.39 is 15.5 Å². The predicted octanol–water partition coefficient (Wildman–Crippen LogP) is 4.06. The highest BCUT2D eigenvalue weighted by atomic mass is 35.5. The number of unbranched alkanes of at least 4 members (excludes halogenated alkanes) is 1. The number of rotatable bonds is 7. The molecule has 0 aliphatic carbocycles. The number of halogens is 4. The van der Waals surface area contributed by atoms with E-state index in [0.717, 1.165) is 0 Å². The number of thioether (sulfide) groups is 1. The Morgan fingerprint density at radius 2 is 1.85 bits per heavy atom. The molecular weight excluding hydrogens is 335 g/mol. The lowest BCUT2D eigenvalue weighted by molar-refractivity contribution is -0.0327. The zero-order valence-electron chi connectivity index (χ0n) is 10.3. The standard InChI is InChI=1S/C11H13ClF3NO2S2/c12-7-3-4-8-20(17,18)16-9-5-1-2-6-10(9)19-11(13,14)15/h1-2,5-6,16H,3-4,7-8H2. The van der Waals surface area contributed by atoms with Gasteiger partial charge in [0.25, 0.3) is 0 Å². The van der Waals surface area contributed by atoms with Crippen LogP contribution in [-0.2, 0) is 10.0 Å². The molecule has 1 N–H and O–H groups in total. The summed E-state index contributed by atoms with van der Waals surface area (Å²) >= 11 is 5.09. The Bertz CT molecular complexity index is 535. The first-order chi connectivity index (χ1) is 9.23. The van der Waals surface area contributed by atoms with Crippen LogP contribution in [0.15, 0.2) is 29.2 Å². The van der Waals surface area contributed by atoms with Gasteiger partial charge in [-0.3, -0.25) is 4.72 Å². The Kier molecular flexibility index (Phi) is 6.47. The van der Waals surface area contributed by atoms with Gasteiger partial charge in [0.2, 0.25) is 10.0 Å². The predicted molar refractivity (Wildman–Crippen MR) is 75.7 cm³/mol. The van der Waals surface area contributed by atoms with Crippen LogP contribution in [0, 0.1) is 0 Å². The number of sulfonamides is 1. The maximum Gasteiger partial charge on any atom is 0.446 e. The Labute approximate surface area is 124 Å². The number of anilines is 1. The highest BCUT2D eigenvalue weighted by molar-refractivity contribution is 8.00. The van der Waals surface area contributed by atoms with E-state index in [1.54, 1.807) is 0 Å². The molecule has 0 fully saturated rings. The van der Waals surface area contributed by atoms with Gasteiger partial charge in [0.05, 0.1) is 11.4 Å². The summed E-state index contributed by atoms with van der Waals surface area (Å²) in [5.41, 5.74) is -4.54. The van der Waals surface area contributed by atoms with Crippen LogP contribution in [-0.4, -0.2) is 25.6 Å². The van der Waals surface area contributed by atoms with Crippen LogP contribution in [0.25, 0.3) is 0 Å². The molecule has 1 aromatic carbocycles. The van der Waals surface area contributed by atoms with E-state index in [9.17, 15) is 21.6 Å². The molecule has 0 atom stereocenters. The zero-order chi connectivity index (χ0) is 15.2. The van der Waals surface area contributed by atoms with E-state index in [1.165, 1.54) is 24.3 Å². The molecule has 0 bridgehead atoms. The minimum atomic E-state index is -4.47. The molecule has 3 nitrogen and oxygen atoms in total. The molecule has 0 heterocycles. The summed E-state index contributed by atoms with van der Waals surface area (Å²) in [4.78, 5) is -0.180. The van der Waals surface area contributed by atoms with Crippen molar-refractivity contribution in [3.63, 3.8) is 0 Å². The van der Waals surface area contributed by atoms with Crippen molar-refractivity contribution in [2.75, 3.05) is 16.4 Å². The average Bonchev–Trinajstić information content (AvgIpc) is 2.30. The van der Waals surface area contributed by atoms with E-state index in [4.69, 9.17) is 11.6 Å². The number of hydrogen-bond donors (Lipinski definition) is 1. The molecular formula is C11H13ClF3NO2S2. The van der Waals surface area contributed by atoms with Crippen molar-refractivity contribution in [3.8, 4) is 0 Å². The fourth-order valence-corrected chi connectivity index (χ4v) is 3.45. The normalized spacial score (nSPS) is 12.4. The second-order valence-electron chi connectivity index (χ2n) is 3.86. The highest BCUT2D eigenvalue weighted by Gasteiger charge is 2.30. The minimum absolute atomic E-state index is 0.0688. The van der Waals surface area contributed by atoms with Crippen molar-refractivity contribution in [2.45, 2.75) is 23.2 Å². The van der Waals surface area contributed by atoms with E-state index in [1.807, 2.05) is 0 Å². The Morgan fingerprint density at radius 1 is 1.20 bits per heavy atom. The van der Waals surface area contributed by atoms with Gasteiger partial charge in [-0.2, -0.15) is 13.2 Å². The third-order valence-corrected chi connectivity index (χ3v) is 4.61. The van der Waals surface area contributed by atoms with E-state index in [2.05, 4.69) is 4.72 Å². The number of hydrogen-bond acceptors (Lipinski definition) is 3. The molecule has 0 spiro atoms. The molecule has 0 amide bonds. The SMILES string of the molecule is O=S(=O)(CCCCCl)Nc1ccccc1SC(F)(F)F. The molecule has 0 saturated carbocycles. The van der Waals surface area contributed by atoms with Crippen LogP contribution in [0.3, 0.4) is 0 Å². The van der Waals surface area contributed by atoms with Gasteiger partial charge in [-0.15, -0.1) is 11.6 Å². The Hall–Kier alpha value is -0.600. The Balaban J connectivity index is 2.81. The minimum Gasteiger partial charge on any atom is -0.282 e. The maximum atomic E-state index is 12.4. The lowest BCUT2D eigenvalue weighted by Gasteiger charge is -2.13. The summed E-state index contributed by atoms with van der Waals surface area (Å²) in [5.74, 6) is 0.167. The second-order valence-corrected chi connectivity index (χ2v) is 7.19. The quantitative estimate of drug-likeness (QED) is 0.459. The number of nitrogens with one attached hydrogen (secondary N) is 1.